The highest BCUT2D eigenvalue weighted by molar-refractivity contribution is 5.88. The van der Waals surface area contributed by atoms with E-state index in [2.05, 4.69) is 25.1 Å². The molecule has 0 aromatic carbocycles. The molecule has 0 saturated carbocycles. The summed E-state index contributed by atoms with van der Waals surface area (Å²) in [7, 11) is 3.19. The van der Waals surface area contributed by atoms with Gasteiger partial charge in [0.15, 0.2) is 5.82 Å². The number of carbonyl (C=O) groups excluding carboxylic acids is 1. The lowest BCUT2D eigenvalue weighted by atomic mass is 10.2. The summed E-state index contributed by atoms with van der Waals surface area (Å²) < 4.78 is 6.30. The van der Waals surface area contributed by atoms with Gasteiger partial charge in [-0.3, -0.25) is 9.67 Å². The number of pyridine rings is 1. The molecule has 0 aliphatic heterocycles. The molecule has 0 bridgehead atoms. The number of hydrogen-bond acceptors (Lipinski definition) is 6. The van der Waals surface area contributed by atoms with Crippen molar-refractivity contribution in [3.8, 4) is 0 Å². The van der Waals surface area contributed by atoms with E-state index in [1.165, 1.54) is 13.3 Å². The van der Waals surface area contributed by atoms with E-state index in [1.54, 1.807) is 23.1 Å². The van der Waals surface area contributed by atoms with Gasteiger partial charge in [0.25, 0.3) is 0 Å². The highest BCUT2D eigenvalue weighted by atomic mass is 16.5. The van der Waals surface area contributed by atoms with E-state index in [-0.39, 0.29) is 5.97 Å². The monoisotopic (exact) mass is 275 g/mol. The van der Waals surface area contributed by atoms with Crippen LogP contribution in [0, 0.1) is 0 Å². The van der Waals surface area contributed by atoms with E-state index >= 15 is 0 Å². The zero-order valence-corrected chi connectivity index (χ0v) is 11.5. The summed E-state index contributed by atoms with van der Waals surface area (Å²) in [6.07, 6.45) is 3.96. The van der Waals surface area contributed by atoms with Crippen LogP contribution in [0.1, 0.15) is 21.9 Å². The van der Waals surface area contributed by atoms with Crippen molar-refractivity contribution in [2.45, 2.75) is 13.0 Å². The third-order valence-corrected chi connectivity index (χ3v) is 2.72. The van der Waals surface area contributed by atoms with Gasteiger partial charge in [0.2, 0.25) is 0 Å². The molecule has 0 amide bonds. The fourth-order valence-electron chi connectivity index (χ4n) is 1.68. The molecular weight excluding hydrogens is 258 g/mol. The van der Waals surface area contributed by atoms with Crippen LogP contribution < -0.4 is 5.32 Å². The molecule has 0 saturated heterocycles. The smallest absolute Gasteiger partial charge is 0.339 e. The summed E-state index contributed by atoms with van der Waals surface area (Å²) in [6, 6.07) is 3.51. The molecule has 7 heteroatoms. The number of hydrogen-bond donors (Lipinski definition) is 1. The van der Waals surface area contributed by atoms with Gasteiger partial charge in [0, 0.05) is 32.8 Å². The van der Waals surface area contributed by atoms with E-state index in [4.69, 9.17) is 0 Å². The number of nitrogens with zero attached hydrogens (tertiary/aromatic N) is 4. The molecule has 0 spiro atoms. The Morgan fingerprint density at radius 3 is 2.85 bits per heavy atom. The van der Waals surface area contributed by atoms with Crippen LogP contribution in [-0.4, -0.2) is 39.4 Å². The first-order chi connectivity index (χ1) is 9.69. The summed E-state index contributed by atoms with van der Waals surface area (Å²) in [5.74, 6) is 0.437. The SMILES string of the molecule is COC(=O)c1ccc(CNCCc2ncn(C)n2)nc1. The lowest BCUT2D eigenvalue weighted by Crippen LogP contribution is -2.18. The molecular formula is C13H17N5O2. The largest absolute Gasteiger partial charge is 0.465 e. The maximum atomic E-state index is 11.3. The van der Waals surface area contributed by atoms with Gasteiger partial charge in [-0.1, -0.05) is 0 Å². The number of rotatable bonds is 6. The zero-order chi connectivity index (χ0) is 14.4. The summed E-state index contributed by atoms with van der Waals surface area (Å²) >= 11 is 0. The Labute approximate surface area is 117 Å². The van der Waals surface area contributed by atoms with Crippen LogP contribution in [0.5, 0.6) is 0 Å². The van der Waals surface area contributed by atoms with Gasteiger partial charge in [0.1, 0.15) is 6.33 Å². The van der Waals surface area contributed by atoms with Crippen molar-refractivity contribution >= 4 is 5.97 Å². The maximum Gasteiger partial charge on any atom is 0.339 e. The first kappa shape index (κ1) is 14.1. The van der Waals surface area contributed by atoms with Crippen molar-refractivity contribution in [3.63, 3.8) is 0 Å². The summed E-state index contributed by atoms with van der Waals surface area (Å²) in [6.45, 7) is 1.40. The highest BCUT2D eigenvalue weighted by Crippen LogP contribution is 2.01. The molecule has 106 valence electrons. The fourth-order valence-corrected chi connectivity index (χ4v) is 1.68. The topological polar surface area (TPSA) is 81.9 Å². The van der Waals surface area contributed by atoms with Gasteiger partial charge in [-0.2, -0.15) is 5.10 Å². The van der Waals surface area contributed by atoms with Crippen molar-refractivity contribution in [1.82, 2.24) is 25.1 Å². The highest BCUT2D eigenvalue weighted by Gasteiger charge is 2.05. The second-order valence-corrected chi connectivity index (χ2v) is 4.29. The number of esters is 1. The predicted molar refractivity (Wildman–Crippen MR) is 72.0 cm³/mol. The molecule has 2 aromatic rings. The number of aromatic nitrogens is 4. The molecule has 7 nitrogen and oxygen atoms in total. The van der Waals surface area contributed by atoms with E-state index in [9.17, 15) is 4.79 Å². The number of aryl methyl sites for hydroxylation is 1. The molecule has 0 unspecified atom stereocenters. The lowest BCUT2D eigenvalue weighted by molar-refractivity contribution is 0.0600. The zero-order valence-electron chi connectivity index (χ0n) is 11.5. The molecule has 20 heavy (non-hydrogen) atoms. The molecule has 2 aromatic heterocycles. The van der Waals surface area contributed by atoms with E-state index < -0.39 is 0 Å². The average molecular weight is 275 g/mol. The first-order valence-corrected chi connectivity index (χ1v) is 6.27. The molecule has 0 aliphatic carbocycles. The molecule has 0 aliphatic rings. The lowest BCUT2D eigenvalue weighted by Gasteiger charge is -2.04. The Hall–Kier alpha value is -2.28. The number of carbonyl (C=O) groups is 1. The molecule has 1 N–H and O–H groups in total. The van der Waals surface area contributed by atoms with Gasteiger partial charge >= 0.3 is 5.97 Å². The van der Waals surface area contributed by atoms with Gasteiger partial charge in [0.05, 0.1) is 18.4 Å². The predicted octanol–water partition coefficient (Wildman–Crippen LogP) is 0.329. The van der Waals surface area contributed by atoms with E-state index in [0.717, 1.165) is 24.5 Å². The summed E-state index contributed by atoms with van der Waals surface area (Å²) in [5, 5.41) is 7.45. The van der Waals surface area contributed by atoms with Crippen LogP contribution in [0.4, 0.5) is 0 Å². The van der Waals surface area contributed by atoms with Gasteiger partial charge in [-0.15, -0.1) is 0 Å². The third kappa shape index (κ3) is 3.86. The minimum atomic E-state index is -0.377. The van der Waals surface area contributed by atoms with Gasteiger partial charge in [-0.05, 0) is 12.1 Å². The van der Waals surface area contributed by atoms with Crippen LogP contribution in [0.3, 0.4) is 0 Å². The number of methoxy groups -OCH3 is 1. The van der Waals surface area contributed by atoms with Gasteiger partial charge in [-0.25, -0.2) is 9.78 Å². The standard InChI is InChI=1S/C13H17N5O2/c1-18-9-16-12(17-18)5-6-14-8-11-4-3-10(7-15-11)13(19)20-2/h3-4,7,9,14H,5-6,8H2,1-2H3. The minimum absolute atomic E-state index is 0.377. The molecule has 2 heterocycles. The Morgan fingerprint density at radius 1 is 1.40 bits per heavy atom. The Bertz CT molecular complexity index is 564. The Kier molecular flexibility index (Phi) is 4.78. The fraction of sp³-hybridized carbons (Fsp3) is 0.385. The third-order valence-electron chi connectivity index (χ3n) is 2.72. The van der Waals surface area contributed by atoms with Crippen molar-refractivity contribution in [3.05, 3.63) is 41.7 Å². The second-order valence-electron chi connectivity index (χ2n) is 4.29. The Morgan fingerprint density at radius 2 is 2.25 bits per heavy atom. The molecule has 0 fully saturated rings. The van der Waals surface area contributed by atoms with Crippen molar-refractivity contribution < 1.29 is 9.53 Å². The minimum Gasteiger partial charge on any atom is -0.465 e. The van der Waals surface area contributed by atoms with Crippen LogP contribution in [0.25, 0.3) is 0 Å². The van der Waals surface area contributed by atoms with Crippen molar-refractivity contribution in [1.29, 1.82) is 0 Å². The molecule has 2 rings (SSSR count). The Balaban J connectivity index is 1.75. The average Bonchev–Trinajstić information content (AvgIpc) is 2.89. The van der Waals surface area contributed by atoms with E-state index in [1.807, 2.05) is 7.05 Å². The number of nitrogens with one attached hydrogen (secondary N) is 1. The summed E-state index contributed by atoms with van der Waals surface area (Å²) in [4.78, 5) is 19.6. The second kappa shape index (κ2) is 6.76. The number of ether oxygens (including phenoxy) is 1. The van der Waals surface area contributed by atoms with Crippen LogP contribution >= 0.6 is 0 Å². The molecule has 0 atom stereocenters. The normalized spacial score (nSPS) is 10.5. The maximum absolute atomic E-state index is 11.3. The van der Waals surface area contributed by atoms with Crippen LogP contribution in [-0.2, 0) is 24.8 Å². The van der Waals surface area contributed by atoms with Crippen molar-refractivity contribution in [2.75, 3.05) is 13.7 Å². The van der Waals surface area contributed by atoms with Gasteiger partial charge < -0.3 is 10.1 Å². The first-order valence-electron chi connectivity index (χ1n) is 6.27. The summed E-state index contributed by atoms with van der Waals surface area (Å²) in [5.41, 5.74) is 1.32. The van der Waals surface area contributed by atoms with Crippen molar-refractivity contribution in [2.24, 2.45) is 7.05 Å². The quantitative estimate of drug-likeness (QED) is 0.604. The van der Waals surface area contributed by atoms with E-state index in [0.29, 0.717) is 12.1 Å². The molecule has 0 radical (unpaired) electrons. The van der Waals surface area contributed by atoms with Crippen LogP contribution in [0.2, 0.25) is 0 Å². The van der Waals surface area contributed by atoms with Crippen LogP contribution in [0.15, 0.2) is 24.7 Å².